The lowest BCUT2D eigenvalue weighted by Gasteiger charge is -2.25. The Morgan fingerprint density at radius 2 is 2.04 bits per heavy atom. The molecule has 0 bridgehead atoms. The fourth-order valence-electron chi connectivity index (χ4n) is 3.65. The molecule has 4 rings (SSSR count). The number of H-pyrrole nitrogens is 1. The Bertz CT molecular complexity index is 867. The predicted molar refractivity (Wildman–Crippen MR) is 113 cm³/mol. The highest BCUT2D eigenvalue weighted by Crippen LogP contribution is 2.20. The van der Waals surface area contributed by atoms with Gasteiger partial charge in [0.1, 0.15) is 0 Å². The zero-order chi connectivity index (χ0) is 19.2. The standard InChI is InChI=1S/C23H26N2O2S/c26-23(13-11-19-10-12-22(24-19)18-6-2-1-3-7-18)25(16-20-8-4-14-27-20)17-21-9-5-15-28-21/h1-3,5-7,9-10,12,15,20,24H,4,8,11,13-14,16-17H2. The minimum atomic E-state index is 0.180. The first-order valence-electron chi connectivity index (χ1n) is 9.93. The topological polar surface area (TPSA) is 45.3 Å². The summed E-state index contributed by atoms with van der Waals surface area (Å²) in [5.41, 5.74) is 3.36. The van der Waals surface area contributed by atoms with Gasteiger partial charge in [-0.05, 0) is 48.4 Å². The number of hydrogen-bond donors (Lipinski definition) is 1. The molecule has 0 radical (unpaired) electrons. The van der Waals surface area contributed by atoms with Crippen molar-refractivity contribution in [1.82, 2.24) is 9.88 Å². The average molecular weight is 395 g/mol. The van der Waals surface area contributed by atoms with Crippen molar-refractivity contribution in [3.63, 3.8) is 0 Å². The number of amides is 1. The number of carbonyl (C=O) groups is 1. The van der Waals surface area contributed by atoms with Gasteiger partial charge in [0.15, 0.2) is 0 Å². The van der Waals surface area contributed by atoms with Gasteiger partial charge in [0.25, 0.3) is 0 Å². The van der Waals surface area contributed by atoms with E-state index in [0.29, 0.717) is 19.5 Å². The quantitative estimate of drug-likeness (QED) is 0.592. The molecule has 1 N–H and O–H groups in total. The van der Waals surface area contributed by atoms with Crippen molar-refractivity contribution in [2.45, 2.75) is 38.3 Å². The van der Waals surface area contributed by atoms with Crippen LogP contribution in [0.2, 0.25) is 0 Å². The Hall–Kier alpha value is -2.37. The molecule has 0 aliphatic carbocycles. The molecule has 1 atom stereocenters. The Morgan fingerprint density at radius 3 is 2.79 bits per heavy atom. The number of nitrogens with zero attached hydrogens (tertiary/aromatic N) is 1. The number of thiophene rings is 1. The van der Waals surface area contributed by atoms with Crippen molar-refractivity contribution in [3.05, 3.63) is 70.5 Å². The van der Waals surface area contributed by atoms with E-state index < -0.39 is 0 Å². The summed E-state index contributed by atoms with van der Waals surface area (Å²) >= 11 is 1.70. The summed E-state index contributed by atoms with van der Waals surface area (Å²) in [5.74, 6) is 0.194. The van der Waals surface area contributed by atoms with E-state index in [2.05, 4.69) is 40.7 Å². The van der Waals surface area contributed by atoms with Crippen LogP contribution in [0.25, 0.3) is 11.3 Å². The molecule has 0 saturated carbocycles. The third-order valence-electron chi connectivity index (χ3n) is 5.17. The molecule has 0 spiro atoms. The maximum Gasteiger partial charge on any atom is 0.223 e. The molecule has 5 heteroatoms. The predicted octanol–water partition coefficient (Wildman–Crippen LogP) is 4.88. The first kappa shape index (κ1) is 19.0. The summed E-state index contributed by atoms with van der Waals surface area (Å²) < 4.78 is 5.77. The second-order valence-corrected chi connectivity index (χ2v) is 8.28. The van der Waals surface area contributed by atoms with Crippen LogP contribution < -0.4 is 0 Å². The van der Waals surface area contributed by atoms with Gasteiger partial charge in [0.05, 0.1) is 12.6 Å². The molecular formula is C23H26N2O2S. The minimum Gasteiger partial charge on any atom is -0.376 e. The van der Waals surface area contributed by atoms with Gasteiger partial charge in [0, 0.05) is 35.8 Å². The van der Waals surface area contributed by atoms with E-state index in [1.165, 1.54) is 4.88 Å². The molecule has 28 heavy (non-hydrogen) atoms. The van der Waals surface area contributed by atoms with Crippen LogP contribution in [-0.4, -0.2) is 35.0 Å². The van der Waals surface area contributed by atoms with E-state index in [4.69, 9.17) is 4.74 Å². The lowest BCUT2D eigenvalue weighted by atomic mass is 10.2. The first-order valence-corrected chi connectivity index (χ1v) is 10.8. The zero-order valence-corrected chi connectivity index (χ0v) is 16.8. The molecule has 1 fully saturated rings. The van der Waals surface area contributed by atoms with Crippen LogP contribution in [0.5, 0.6) is 0 Å². The van der Waals surface area contributed by atoms with Crippen LogP contribution in [0.3, 0.4) is 0 Å². The SMILES string of the molecule is O=C(CCc1ccc(-c2ccccc2)[nH]1)N(Cc1cccs1)CC1CCCO1. The smallest absolute Gasteiger partial charge is 0.223 e. The van der Waals surface area contributed by atoms with E-state index in [1.807, 2.05) is 29.2 Å². The van der Waals surface area contributed by atoms with Crippen molar-refractivity contribution < 1.29 is 9.53 Å². The van der Waals surface area contributed by atoms with Crippen LogP contribution in [0.4, 0.5) is 0 Å². The molecule has 4 nitrogen and oxygen atoms in total. The van der Waals surface area contributed by atoms with Gasteiger partial charge in [0.2, 0.25) is 5.91 Å². The fraction of sp³-hybridized carbons (Fsp3) is 0.348. The van der Waals surface area contributed by atoms with Gasteiger partial charge < -0.3 is 14.6 Å². The van der Waals surface area contributed by atoms with Crippen molar-refractivity contribution in [2.75, 3.05) is 13.2 Å². The molecule has 1 unspecified atom stereocenters. The van der Waals surface area contributed by atoms with Crippen LogP contribution >= 0.6 is 11.3 Å². The number of benzene rings is 1. The van der Waals surface area contributed by atoms with E-state index in [0.717, 1.165) is 42.8 Å². The van der Waals surface area contributed by atoms with Crippen molar-refractivity contribution in [3.8, 4) is 11.3 Å². The number of nitrogens with one attached hydrogen (secondary N) is 1. The number of rotatable bonds is 8. The summed E-state index contributed by atoms with van der Waals surface area (Å²) in [6.45, 7) is 2.18. The normalized spacial score (nSPS) is 16.4. The summed E-state index contributed by atoms with van der Waals surface area (Å²) in [7, 11) is 0. The Kier molecular flexibility index (Phi) is 6.24. The number of carbonyl (C=O) groups excluding carboxylic acids is 1. The monoisotopic (exact) mass is 394 g/mol. The van der Waals surface area contributed by atoms with Gasteiger partial charge in [-0.15, -0.1) is 11.3 Å². The molecular weight excluding hydrogens is 368 g/mol. The molecule has 1 saturated heterocycles. The lowest BCUT2D eigenvalue weighted by Crippen LogP contribution is -2.36. The molecule has 1 aromatic carbocycles. The first-order chi connectivity index (χ1) is 13.8. The fourth-order valence-corrected chi connectivity index (χ4v) is 4.37. The Labute approximate surface area is 170 Å². The number of hydrogen-bond acceptors (Lipinski definition) is 3. The lowest BCUT2D eigenvalue weighted by molar-refractivity contribution is -0.133. The van der Waals surface area contributed by atoms with E-state index in [-0.39, 0.29) is 12.0 Å². The third-order valence-corrected chi connectivity index (χ3v) is 6.03. The number of aryl methyl sites for hydroxylation is 1. The highest BCUT2D eigenvalue weighted by atomic mass is 32.1. The second kappa shape index (κ2) is 9.22. The summed E-state index contributed by atoms with van der Waals surface area (Å²) in [5, 5.41) is 2.06. The average Bonchev–Trinajstić information content (AvgIpc) is 3.49. The van der Waals surface area contributed by atoms with Gasteiger partial charge >= 0.3 is 0 Å². The zero-order valence-electron chi connectivity index (χ0n) is 16.0. The van der Waals surface area contributed by atoms with Crippen LogP contribution in [-0.2, 0) is 22.5 Å². The maximum absolute atomic E-state index is 13.0. The van der Waals surface area contributed by atoms with Gasteiger partial charge in [-0.1, -0.05) is 36.4 Å². The van der Waals surface area contributed by atoms with Crippen molar-refractivity contribution >= 4 is 17.2 Å². The third kappa shape index (κ3) is 4.91. The van der Waals surface area contributed by atoms with Gasteiger partial charge in [-0.25, -0.2) is 0 Å². The van der Waals surface area contributed by atoms with E-state index in [1.54, 1.807) is 11.3 Å². The minimum absolute atomic E-state index is 0.180. The Morgan fingerprint density at radius 1 is 1.14 bits per heavy atom. The molecule has 146 valence electrons. The summed E-state index contributed by atoms with van der Waals surface area (Å²) in [6.07, 6.45) is 3.55. The van der Waals surface area contributed by atoms with Crippen LogP contribution in [0, 0.1) is 0 Å². The Balaban J connectivity index is 1.37. The highest BCUT2D eigenvalue weighted by Gasteiger charge is 2.23. The van der Waals surface area contributed by atoms with Gasteiger partial charge in [-0.2, -0.15) is 0 Å². The molecule has 3 aromatic rings. The van der Waals surface area contributed by atoms with Crippen LogP contribution in [0.1, 0.15) is 29.8 Å². The van der Waals surface area contributed by atoms with Crippen molar-refractivity contribution in [2.24, 2.45) is 0 Å². The summed E-state index contributed by atoms with van der Waals surface area (Å²) in [6, 6.07) is 18.6. The molecule has 1 aliphatic heterocycles. The van der Waals surface area contributed by atoms with E-state index in [9.17, 15) is 4.79 Å². The molecule has 2 aromatic heterocycles. The summed E-state index contributed by atoms with van der Waals surface area (Å²) in [4.78, 5) is 19.6. The molecule has 1 amide bonds. The van der Waals surface area contributed by atoms with Crippen molar-refractivity contribution in [1.29, 1.82) is 0 Å². The number of aromatic amines is 1. The maximum atomic E-state index is 13.0. The number of ether oxygens (including phenoxy) is 1. The van der Waals surface area contributed by atoms with Crippen LogP contribution in [0.15, 0.2) is 60.0 Å². The largest absolute Gasteiger partial charge is 0.376 e. The van der Waals surface area contributed by atoms with Gasteiger partial charge in [-0.3, -0.25) is 4.79 Å². The molecule has 3 heterocycles. The van der Waals surface area contributed by atoms with E-state index >= 15 is 0 Å². The number of aromatic nitrogens is 1. The highest BCUT2D eigenvalue weighted by molar-refractivity contribution is 7.09. The molecule has 1 aliphatic rings. The second-order valence-electron chi connectivity index (χ2n) is 7.25.